The Morgan fingerprint density at radius 1 is 1.53 bits per heavy atom. The summed E-state index contributed by atoms with van der Waals surface area (Å²) in [5.41, 5.74) is 1.16. The van der Waals surface area contributed by atoms with Gasteiger partial charge in [0.15, 0.2) is 0 Å². The van der Waals surface area contributed by atoms with Crippen molar-refractivity contribution < 1.29 is 0 Å². The first-order valence-electron chi connectivity index (χ1n) is 7.04. The molecule has 0 aromatic carbocycles. The Balaban J connectivity index is 1.62. The molecule has 0 aliphatic heterocycles. The zero-order valence-electron chi connectivity index (χ0n) is 11.2. The molecule has 96 valence electrons. The molecule has 3 heteroatoms. The average molecular weight is 235 g/mol. The number of rotatable bonds is 8. The van der Waals surface area contributed by atoms with Gasteiger partial charge in [-0.1, -0.05) is 19.8 Å². The smallest absolute Gasteiger partial charge is 0.0762 e. The summed E-state index contributed by atoms with van der Waals surface area (Å²) in [6.07, 6.45) is 8.90. The van der Waals surface area contributed by atoms with Crippen molar-refractivity contribution in [2.45, 2.75) is 58.5 Å². The second kappa shape index (κ2) is 6.20. The van der Waals surface area contributed by atoms with Crippen LogP contribution >= 0.6 is 0 Å². The van der Waals surface area contributed by atoms with E-state index in [2.05, 4.69) is 41.2 Å². The van der Waals surface area contributed by atoms with E-state index in [-0.39, 0.29) is 0 Å². The van der Waals surface area contributed by atoms with E-state index in [9.17, 15) is 0 Å². The van der Waals surface area contributed by atoms with Crippen LogP contribution in [-0.2, 0) is 6.54 Å². The first kappa shape index (κ1) is 12.6. The summed E-state index contributed by atoms with van der Waals surface area (Å²) >= 11 is 0. The predicted octanol–water partition coefficient (Wildman–Crippen LogP) is 3.13. The minimum absolute atomic E-state index is 0.513. The van der Waals surface area contributed by atoms with Crippen molar-refractivity contribution in [2.24, 2.45) is 5.92 Å². The van der Waals surface area contributed by atoms with Crippen molar-refractivity contribution in [1.29, 1.82) is 0 Å². The molecule has 2 rings (SSSR count). The topological polar surface area (TPSA) is 29.9 Å². The number of hydrogen-bond acceptors (Lipinski definition) is 2. The summed E-state index contributed by atoms with van der Waals surface area (Å²) in [5, 5.41) is 8.06. The minimum atomic E-state index is 0.513. The Morgan fingerprint density at radius 2 is 2.35 bits per heavy atom. The van der Waals surface area contributed by atoms with E-state index in [4.69, 9.17) is 0 Å². The van der Waals surface area contributed by atoms with Crippen LogP contribution in [0.3, 0.4) is 0 Å². The van der Waals surface area contributed by atoms with E-state index in [1.165, 1.54) is 25.7 Å². The van der Waals surface area contributed by atoms with Crippen LogP contribution in [-0.4, -0.2) is 16.3 Å². The molecule has 0 radical (unpaired) electrons. The molecule has 0 bridgehead atoms. The van der Waals surface area contributed by atoms with Gasteiger partial charge < -0.3 is 5.32 Å². The maximum absolute atomic E-state index is 4.58. The Bertz CT molecular complexity index is 328. The second-order valence-electron chi connectivity index (χ2n) is 5.31. The van der Waals surface area contributed by atoms with Crippen LogP contribution in [0.5, 0.6) is 0 Å². The van der Waals surface area contributed by atoms with Gasteiger partial charge in [-0.25, -0.2) is 0 Å². The molecule has 17 heavy (non-hydrogen) atoms. The highest BCUT2D eigenvalue weighted by Gasteiger charge is 2.19. The number of hydrogen-bond donors (Lipinski definition) is 1. The molecule has 1 aliphatic rings. The third-order valence-corrected chi connectivity index (χ3v) is 3.67. The van der Waals surface area contributed by atoms with Crippen LogP contribution in [0, 0.1) is 5.92 Å². The van der Waals surface area contributed by atoms with Crippen molar-refractivity contribution in [3.8, 4) is 0 Å². The van der Waals surface area contributed by atoms with Gasteiger partial charge in [0.25, 0.3) is 0 Å². The lowest BCUT2D eigenvalue weighted by atomic mass is 10.2. The quantitative estimate of drug-likeness (QED) is 0.702. The van der Waals surface area contributed by atoms with Crippen LogP contribution in [0.15, 0.2) is 12.3 Å². The molecule has 1 aliphatic carbocycles. The average Bonchev–Trinajstić information content (AvgIpc) is 3.05. The molecule has 1 heterocycles. The van der Waals surface area contributed by atoms with E-state index in [0.29, 0.717) is 6.04 Å². The molecule has 0 amide bonds. The molecule has 1 unspecified atom stereocenters. The summed E-state index contributed by atoms with van der Waals surface area (Å²) in [6.45, 7) is 6.45. The van der Waals surface area contributed by atoms with Crippen molar-refractivity contribution in [1.82, 2.24) is 15.1 Å². The minimum Gasteiger partial charge on any atom is -0.311 e. The largest absolute Gasteiger partial charge is 0.311 e. The summed E-state index contributed by atoms with van der Waals surface area (Å²) in [7, 11) is 0. The van der Waals surface area contributed by atoms with Gasteiger partial charge in [-0.05, 0) is 44.7 Å². The fourth-order valence-corrected chi connectivity index (χ4v) is 2.04. The van der Waals surface area contributed by atoms with Gasteiger partial charge in [0.1, 0.15) is 0 Å². The Labute approximate surface area is 105 Å². The third kappa shape index (κ3) is 4.15. The molecule has 0 spiro atoms. The summed E-state index contributed by atoms with van der Waals surface area (Å²) in [6, 6.07) is 2.64. The highest BCUT2D eigenvalue weighted by atomic mass is 15.3. The number of aromatic nitrogens is 2. The Morgan fingerprint density at radius 3 is 3.06 bits per heavy atom. The van der Waals surface area contributed by atoms with Crippen molar-refractivity contribution >= 4 is 0 Å². The third-order valence-electron chi connectivity index (χ3n) is 3.67. The van der Waals surface area contributed by atoms with E-state index >= 15 is 0 Å². The first-order valence-corrected chi connectivity index (χ1v) is 7.04. The fraction of sp³-hybridized carbons (Fsp3) is 0.786. The molecule has 1 N–H and O–H groups in total. The van der Waals surface area contributed by atoms with E-state index in [1.54, 1.807) is 0 Å². The van der Waals surface area contributed by atoms with Crippen LogP contribution in [0.25, 0.3) is 0 Å². The van der Waals surface area contributed by atoms with Crippen molar-refractivity contribution in [3.05, 3.63) is 18.0 Å². The number of nitrogens with one attached hydrogen (secondary N) is 1. The van der Waals surface area contributed by atoms with E-state index < -0.39 is 0 Å². The van der Waals surface area contributed by atoms with Gasteiger partial charge in [0, 0.05) is 18.8 Å². The monoisotopic (exact) mass is 235 g/mol. The van der Waals surface area contributed by atoms with Crippen LogP contribution in [0.4, 0.5) is 0 Å². The standard InChI is InChI=1S/C14H25N3/c1-3-12(2)17-10-8-14(16-17)11-15-9-4-5-13-6-7-13/h8,10,12-13,15H,3-7,9,11H2,1-2H3. The molecule has 1 aromatic rings. The molecular formula is C14H25N3. The molecule has 1 saturated carbocycles. The molecule has 1 aromatic heterocycles. The van der Waals surface area contributed by atoms with Crippen LogP contribution in [0.2, 0.25) is 0 Å². The zero-order valence-corrected chi connectivity index (χ0v) is 11.2. The fourth-order valence-electron chi connectivity index (χ4n) is 2.04. The van der Waals surface area contributed by atoms with Gasteiger partial charge in [0.05, 0.1) is 5.69 Å². The lowest BCUT2D eigenvalue weighted by molar-refractivity contribution is 0.470. The second-order valence-corrected chi connectivity index (χ2v) is 5.31. The molecule has 1 atom stereocenters. The van der Waals surface area contributed by atoms with Gasteiger partial charge in [-0.15, -0.1) is 0 Å². The Kier molecular flexibility index (Phi) is 4.60. The first-order chi connectivity index (χ1) is 8.29. The normalized spacial score (nSPS) is 17.3. The van der Waals surface area contributed by atoms with Gasteiger partial charge in [-0.2, -0.15) is 5.10 Å². The van der Waals surface area contributed by atoms with Gasteiger partial charge in [-0.3, -0.25) is 4.68 Å². The molecular weight excluding hydrogens is 210 g/mol. The summed E-state index contributed by atoms with van der Waals surface area (Å²) in [5.74, 6) is 1.06. The highest BCUT2D eigenvalue weighted by molar-refractivity contribution is 4.99. The molecule has 1 fully saturated rings. The summed E-state index contributed by atoms with van der Waals surface area (Å²) < 4.78 is 2.07. The van der Waals surface area contributed by atoms with Crippen molar-refractivity contribution in [3.63, 3.8) is 0 Å². The maximum atomic E-state index is 4.58. The van der Waals surface area contributed by atoms with Crippen LogP contribution < -0.4 is 5.32 Å². The molecule has 0 saturated heterocycles. The zero-order chi connectivity index (χ0) is 12.1. The maximum Gasteiger partial charge on any atom is 0.0762 e. The lowest BCUT2D eigenvalue weighted by Gasteiger charge is -2.08. The van der Waals surface area contributed by atoms with E-state index in [1.807, 2.05) is 0 Å². The lowest BCUT2D eigenvalue weighted by Crippen LogP contribution is -2.15. The predicted molar refractivity (Wildman–Crippen MR) is 70.9 cm³/mol. The van der Waals surface area contributed by atoms with Gasteiger partial charge >= 0.3 is 0 Å². The van der Waals surface area contributed by atoms with Crippen molar-refractivity contribution in [2.75, 3.05) is 6.54 Å². The Hall–Kier alpha value is -0.830. The van der Waals surface area contributed by atoms with E-state index in [0.717, 1.165) is 31.1 Å². The van der Waals surface area contributed by atoms with Gasteiger partial charge in [0.2, 0.25) is 0 Å². The highest BCUT2D eigenvalue weighted by Crippen LogP contribution is 2.33. The summed E-state index contributed by atoms with van der Waals surface area (Å²) in [4.78, 5) is 0. The molecule has 3 nitrogen and oxygen atoms in total. The van der Waals surface area contributed by atoms with Crippen LogP contribution in [0.1, 0.15) is 57.7 Å². The number of nitrogens with zero attached hydrogens (tertiary/aromatic N) is 2. The SMILES string of the molecule is CCC(C)n1ccc(CNCCCC2CC2)n1.